The summed E-state index contributed by atoms with van der Waals surface area (Å²) in [4.78, 5) is 13.6. The van der Waals surface area contributed by atoms with Crippen molar-refractivity contribution in [3.05, 3.63) is 53.5 Å². The van der Waals surface area contributed by atoms with Gasteiger partial charge in [-0.2, -0.15) is 0 Å². The molecule has 1 aliphatic rings. The van der Waals surface area contributed by atoms with E-state index in [0.29, 0.717) is 12.1 Å². The molecule has 0 fully saturated rings. The third-order valence-electron chi connectivity index (χ3n) is 4.27. The quantitative estimate of drug-likeness (QED) is 0.883. The van der Waals surface area contributed by atoms with E-state index in [0.717, 1.165) is 17.0 Å². The van der Waals surface area contributed by atoms with Gasteiger partial charge in [-0.1, -0.05) is 19.9 Å². The molecule has 0 bridgehead atoms. The smallest absolute Gasteiger partial charge is 0.337 e. The van der Waals surface area contributed by atoms with Gasteiger partial charge in [-0.3, -0.25) is 0 Å². The number of methoxy groups -OCH3 is 1. The third-order valence-corrected chi connectivity index (χ3v) is 4.27. The zero-order chi connectivity index (χ0) is 15.9. The summed E-state index contributed by atoms with van der Waals surface area (Å²) in [6.07, 6.45) is 0.912. The zero-order valence-corrected chi connectivity index (χ0v) is 12.9. The number of nitrogens with zero attached hydrogens (tertiary/aromatic N) is 1. The number of carbonyl (C=O) groups is 1. The highest BCUT2D eigenvalue weighted by Crippen LogP contribution is 2.45. The summed E-state index contributed by atoms with van der Waals surface area (Å²) >= 11 is 0. The van der Waals surface area contributed by atoms with Crippen LogP contribution in [-0.4, -0.2) is 24.4 Å². The van der Waals surface area contributed by atoms with Crippen LogP contribution in [0.5, 0.6) is 0 Å². The van der Waals surface area contributed by atoms with Gasteiger partial charge in [0.25, 0.3) is 0 Å². The second-order valence-corrected chi connectivity index (χ2v) is 6.03. The first kappa shape index (κ1) is 14.7. The number of hydrogen-bond acceptors (Lipinski definition) is 5. The molecule has 1 N–H and O–H groups in total. The van der Waals surface area contributed by atoms with Crippen LogP contribution in [0.2, 0.25) is 0 Å². The minimum atomic E-state index is -0.694. The zero-order valence-electron chi connectivity index (χ0n) is 12.9. The predicted octanol–water partition coefficient (Wildman–Crippen LogP) is 2.68. The maximum absolute atomic E-state index is 11.8. The Labute approximate surface area is 129 Å². The average molecular weight is 301 g/mol. The molecule has 1 atom stereocenters. The summed E-state index contributed by atoms with van der Waals surface area (Å²) in [5, 5.41) is 10.7. The fourth-order valence-electron chi connectivity index (χ4n) is 2.96. The number of hydrogen-bond donors (Lipinski definition) is 1. The van der Waals surface area contributed by atoms with Crippen LogP contribution in [0.25, 0.3) is 0 Å². The fraction of sp³-hybridized carbons (Fsp3) is 0.353. The summed E-state index contributed by atoms with van der Waals surface area (Å²) in [6, 6.07) is 9.06. The van der Waals surface area contributed by atoms with Gasteiger partial charge in [-0.05, 0) is 29.8 Å². The molecule has 0 aliphatic carbocycles. The van der Waals surface area contributed by atoms with E-state index < -0.39 is 11.6 Å². The van der Waals surface area contributed by atoms with E-state index in [1.54, 1.807) is 18.4 Å². The molecule has 1 aliphatic heterocycles. The lowest BCUT2D eigenvalue weighted by Crippen LogP contribution is -2.40. The van der Waals surface area contributed by atoms with Gasteiger partial charge in [0, 0.05) is 11.1 Å². The Morgan fingerprint density at radius 2 is 2.18 bits per heavy atom. The Hall–Kier alpha value is -2.27. The topological polar surface area (TPSA) is 62.9 Å². The number of furan rings is 1. The maximum Gasteiger partial charge on any atom is 0.337 e. The first-order valence-corrected chi connectivity index (χ1v) is 7.15. The van der Waals surface area contributed by atoms with Crippen molar-refractivity contribution in [3.8, 4) is 0 Å². The maximum atomic E-state index is 11.8. The number of ether oxygens (including phenoxy) is 1. The lowest BCUT2D eigenvalue weighted by Gasteiger charge is -2.29. The van der Waals surface area contributed by atoms with Crippen molar-refractivity contribution in [3.63, 3.8) is 0 Å². The standard InChI is InChI=1S/C17H19NO4/c1-17(2)13-7-6-11(15(19)21-3)9-14(13)18(16(17)20)10-12-5-4-8-22-12/h4-9,16,20H,10H2,1-3H3. The summed E-state index contributed by atoms with van der Waals surface area (Å²) in [7, 11) is 1.36. The monoisotopic (exact) mass is 301 g/mol. The predicted molar refractivity (Wildman–Crippen MR) is 81.7 cm³/mol. The largest absolute Gasteiger partial charge is 0.467 e. The van der Waals surface area contributed by atoms with Crippen molar-refractivity contribution in [2.45, 2.75) is 32.0 Å². The lowest BCUT2D eigenvalue weighted by molar-refractivity contribution is 0.0600. The van der Waals surface area contributed by atoms with Crippen LogP contribution in [0.4, 0.5) is 5.69 Å². The van der Waals surface area contributed by atoms with Crippen LogP contribution in [-0.2, 0) is 16.7 Å². The van der Waals surface area contributed by atoms with Gasteiger partial charge < -0.3 is 19.2 Å². The van der Waals surface area contributed by atoms with E-state index in [1.807, 2.05) is 36.9 Å². The molecular formula is C17H19NO4. The molecular weight excluding hydrogens is 282 g/mol. The highest BCUT2D eigenvalue weighted by atomic mass is 16.5. The van der Waals surface area contributed by atoms with Gasteiger partial charge in [-0.25, -0.2) is 4.79 Å². The second-order valence-electron chi connectivity index (χ2n) is 6.03. The van der Waals surface area contributed by atoms with Crippen molar-refractivity contribution in [2.24, 2.45) is 0 Å². The number of anilines is 1. The van der Waals surface area contributed by atoms with Crippen molar-refractivity contribution in [1.29, 1.82) is 0 Å². The molecule has 5 nitrogen and oxygen atoms in total. The number of aliphatic hydroxyl groups is 1. The number of fused-ring (bicyclic) bond motifs is 1. The molecule has 2 heterocycles. The fourth-order valence-corrected chi connectivity index (χ4v) is 2.96. The van der Waals surface area contributed by atoms with Crippen LogP contribution in [0, 0.1) is 0 Å². The number of rotatable bonds is 3. The van der Waals surface area contributed by atoms with E-state index in [2.05, 4.69) is 0 Å². The first-order valence-electron chi connectivity index (χ1n) is 7.15. The number of benzene rings is 1. The van der Waals surface area contributed by atoms with Crippen LogP contribution in [0.3, 0.4) is 0 Å². The van der Waals surface area contributed by atoms with Crippen molar-refractivity contribution < 1.29 is 19.1 Å². The first-order chi connectivity index (χ1) is 10.4. The van der Waals surface area contributed by atoms with Gasteiger partial charge in [-0.15, -0.1) is 0 Å². The molecule has 2 aromatic rings. The third kappa shape index (κ3) is 2.18. The Bertz CT molecular complexity index is 691. The molecule has 5 heteroatoms. The summed E-state index contributed by atoms with van der Waals surface area (Å²) in [5.74, 6) is 0.367. The van der Waals surface area contributed by atoms with Crippen molar-refractivity contribution in [2.75, 3.05) is 12.0 Å². The molecule has 0 saturated heterocycles. The number of carbonyl (C=O) groups excluding carboxylic acids is 1. The van der Waals surface area contributed by atoms with E-state index in [9.17, 15) is 9.90 Å². The lowest BCUT2D eigenvalue weighted by atomic mass is 9.85. The molecule has 0 spiro atoms. The van der Waals surface area contributed by atoms with Crippen LogP contribution >= 0.6 is 0 Å². The molecule has 1 unspecified atom stereocenters. The Balaban J connectivity index is 2.04. The van der Waals surface area contributed by atoms with Gasteiger partial charge in [0.1, 0.15) is 12.0 Å². The van der Waals surface area contributed by atoms with Crippen molar-refractivity contribution >= 4 is 11.7 Å². The molecule has 0 radical (unpaired) electrons. The Morgan fingerprint density at radius 1 is 1.41 bits per heavy atom. The van der Waals surface area contributed by atoms with Crippen molar-refractivity contribution in [1.82, 2.24) is 0 Å². The summed E-state index contributed by atoms with van der Waals surface area (Å²) in [6.45, 7) is 4.40. The SMILES string of the molecule is COC(=O)c1ccc2c(c1)N(Cc1ccco1)C(O)C2(C)C. The summed E-state index contributed by atoms with van der Waals surface area (Å²) < 4.78 is 10.2. The number of esters is 1. The van der Waals surface area contributed by atoms with Gasteiger partial charge in [0.2, 0.25) is 0 Å². The van der Waals surface area contributed by atoms with E-state index in [1.165, 1.54) is 7.11 Å². The summed E-state index contributed by atoms with van der Waals surface area (Å²) in [5.41, 5.74) is 1.86. The van der Waals surface area contributed by atoms with Crippen LogP contribution in [0.15, 0.2) is 41.0 Å². The van der Waals surface area contributed by atoms with E-state index >= 15 is 0 Å². The van der Waals surface area contributed by atoms with E-state index in [4.69, 9.17) is 9.15 Å². The normalized spacial score (nSPS) is 19.1. The highest BCUT2D eigenvalue weighted by Gasteiger charge is 2.44. The van der Waals surface area contributed by atoms with Crippen LogP contribution < -0.4 is 4.90 Å². The molecule has 0 saturated carbocycles. The van der Waals surface area contributed by atoms with Gasteiger partial charge in [0.15, 0.2) is 0 Å². The van der Waals surface area contributed by atoms with Crippen LogP contribution in [0.1, 0.15) is 35.5 Å². The Kier molecular flexibility index (Phi) is 3.45. The molecule has 22 heavy (non-hydrogen) atoms. The second kappa shape index (κ2) is 5.18. The average Bonchev–Trinajstić information content (AvgIpc) is 3.08. The highest BCUT2D eigenvalue weighted by molar-refractivity contribution is 5.91. The minimum Gasteiger partial charge on any atom is -0.467 e. The molecule has 116 valence electrons. The number of aliphatic hydroxyl groups excluding tert-OH is 1. The van der Waals surface area contributed by atoms with Gasteiger partial charge in [0.05, 0.1) is 25.5 Å². The molecule has 3 rings (SSSR count). The minimum absolute atomic E-state index is 0.389. The molecule has 0 amide bonds. The Morgan fingerprint density at radius 3 is 2.82 bits per heavy atom. The molecule has 1 aromatic carbocycles. The van der Waals surface area contributed by atoms with Gasteiger partial charge >= 0.3 is 5.97 Å². The molecule has 1 aromatic heterocycles. The van der Waals surface area contributed by atoms with E-state index in [-0.39, 0.29) is 5.97 Å².